The molecule has 2 unspecified atom stereocenters. The highest BCUT2D eigenvalue weighted by atomic mass is 35.5. The Labute approximate surface area is 106 Å². The number of hydrogen-bond donors (Lipinski definition) is 1. The molecule has 4 heteroatoms. The Bertz CT molecular complexity index is 380. The molecule has 1 aromatic carbocycles. The van der Waals surface area contributed by atoms with Crippen LogP contribution in [0, 0.1) is 5.82 Å². The number of benzene rings is 1. The normalized spacial score (nSPS) is 21.7. The predicted molar refractivity (Wildman–Crippen MR) is 66.7 cm³/mol. The summed E-state index contributed by atoms with van der Waals surface area (Å²) >= 11 is 5.89. The van der Waals surface area contributed by atoms with Crippen molar-refractivity contribution in [2.75, 3.05) is 6.61 Å². The fraction of sp³-hybridized carbons (Fsp3) is 0.538. The molecule has 17 heavy (non-hydrogen) atoms. The minimum Gasteiger partial charge on any atom is -0.378 e. The highest BCUT2D eigenvalue weighted by molar-refractivity contribution is 6.31. The lowest BCUT2D eigenvalue weighted by molar-refractivity contribution is 0.0983. The molecule has 1 aromatic rings. The maximum Gasteiger partial charge on any atom is 0.142 e. The monoisotopic (exact) mass is 257 g/mol. The lowest BCUT2D eigenvalue weighted by atomic mass is 10.00. The van der Waals surface area contributed by atoms with Gasteiger partial charge in [-0.3, -0.25) is 0 Å². The second-order valence-electron chi connectivity index (χ2n) is 4.55. The average molecular weight is 258 g/mol. The zero-order valence-corrected chi connectivity index (χ0v) is 10.4. The number of rotatable bonds is 4. The molecule has 1 saturated heterocycles. The Kier molecular flexibility index (Phi) is 4.37. The van der Waals surface area contributed by atoms with Gasteiger partial charge in [-0.1, -0.05) is 23.7 Å². The quantitative estimate of drug-likeness (QED) is 0.900. The average Bonchev–Trinajstić information content (AvgIpc) is 2.77. The van der Waals surface area contributed by atoms with E-state index in [9.17, 15) is 4.39 Å². The van der Waals surface area contributed by atoms with Crippen molar-refractivity contribution in [2.45, 2.75) is 37.8 Å². The maximum absolute atomic E-state index is 13.2. The molecule has 1 heterocycles. The van der Waals surface area contributed by atoms with Crippen LogP contribution in [0.15, 0.2) is 18.2 Å². The molecule has 0 amide bonds. The molecule has 0 spiro atoms. The van der Waals surface area contributed by atoms with Gasteiger partial charge in [0.15, 0.2) is 0 Å². The third-order valence-corrected chi connectivity index (χ3v) is 3.53. The van der Waals surface area contributed by atoms with Gasteiger partial charge in [0, 0.05) is 12.6 Å². The first-order valence-electron chi connectivity index (χ1n) is 5.97. The van der Waals surface area contributed by atoms with Gasteiger partial charge in [0.2, 0.25) is 0 Å². The van der Waals surface area contributed by atoms with Crippen LogP contribution in [0.1, 0.15) is 24.8 Å². The first kappa shape index (κ1) is 12.8. The molecule has 1 fully saturated rings. The molecule has 1 aliphatic rings. The van der Waals surface area contributed by atoms with Crippen molar-refractivity contribution >= 4 is 11.6 Å². The van der Waals surface area contributed by atoms with Gasteiger partial charge in [-0.25, -0.2) is 4.39 Å². The lowest BCUT2D eigenvalue weighted by Crippen LogP contribution is -2.28. The second kappa shape index (κ2) is 5.80. The topological polar surface area (TPSA) is 35.2 Å². The molecule has 0 saturated carbocycles. The van der Waals surface area contributed by atoms with Crippen LogP contribution in [-0.2, 0) is 11.2 Å². The Hall–Kier alpha value is -0.640. The van der Waals surface area contributed by atoms with E-state index in [1.165, 1.54) is 6.07 Å². The van der Waals surface area contributed by atoms with Crippen molar-refractivity contribution < 1.29 is 9.13 Å². The summed E-state index contributed by atoms with van der Waals surface area (Å²) < 4.78 is 18.8. The number of ether oxygens (including phenoxy) is 1. The van der Waals surface area contributed by atoms with E-state index in [0.717, 1.165) is 31.4 Å². The number of hydrogen-bond acceptors (Lipinski definition) is 2. The van der Waals surface area contributed by atoms with Crippen molar-refractivity contribution in [1.29, 1.82) is 0 Å². The smallest absolute Gasteiger partial charge is 0.142 e. The minimum absolute atomic E-state index is 0.0302. The summed E-state index contributed by atoms with van der Waals surface area (Å²) in [4.78, 5) is 0. The Morgan fingerprint density at radius 3 is 3.06 bits per heavy atom. The zero-order chi connectivity index (χ0) is 12.3. The third-order valence-electron chi connectivity index (χ3n) is 3.10. The van der Waals surface area contributed by atoms with Crippen LogP contribution in [-0.4, -0.2) is 18.8 Å². The van der Waals surface area contributed by atoms with Crippen LogP contribution in [0.25, 0.3) is 0 Å². The van der Waals surface area contributed by atoms with Crippen LogP contribution in [0.5, 0.6) is 0 Å². The van der Waals surface area contributed by atoms with E-state index in [4.69, 9.17) is 22.1 Å². The van der Waals surface area contributed by atoms with Gasteiger partial charge in [0.25, 0.3) is 0 Å². The number of nitrogens with two attached hydrogens (primary N) is 1. The van der Waals surface area contributed by atoms with Crippen molar-refractivity contribution in [3.63, 3.8) is 0 Å². The van der Waals surface area contributed by atoms with Gasteiger partial charge in [-0.15, -0.1) is 0 Å². The molecule has 0 bridgehead atoms. The molecule has 1 aliphatic heterocycles. The fourth-order valence-electron chi connectivity index (χ4n) is 2.24. The van der Waals surface area contributed by atoms with E-state index in [0.29, 0.717) is 6.42 Å². The molecular formula is C13H17ClFNO. The molecule has 0 aromatic heterocycles. The van der Waals surface area contributed by atoms with Crippen molar-refractivity contribution in [1.82, 2.24) is 0 Å². The second-order valence-corrected chi connectivity index (χ2v) is 4.93. The summed E-state index contributed by atoms with van der Waals surface area (Å²) in [6.45, 7) is 0.831. The first-order valence-corrected chi connectivity index (χ1v) is 6.34. The van der Waals surface area contributed by atoms with E-state index < -0.39 is 0 Å². The highest BCUT2D eigenvalue weighted by Gasteiger charge is 2.19. The summed E-state index contributed by atoms with van der Waals surface area (Å²) in [7, 11) is 0. The summed E-state index contributed by atoms with van der Waals surface area (Å²) in [5.41, 5.74) is 6.82. The largest absolute Gasteiger partial charge is 0.378 e. The van der Waals surface area contributed by atoms with Gasteiger partial charge in [0.05, 0.1) is 11.1 Å². The van der Waals surface area contributed by atoms with Crippen LogP contribution < -0.4 is 5.73 Å². The molecule has 2 N–H and O–H groups in total. The van der Waals surface area contributed by atoms with E-state index in [1.807, 2.05) is 6.07 Å². The predicted octanol–water partition coefficient (Wildman–Crippen LogP) is 2.92. The van der Waals surface area contributed by atoms with E-state index >= 15 is 0 Å². The summed E-state index contributed by atoms with van der Waals surface area (Å²) in [6, 6.07) is 4.81. The Morgan fingerprint density at radius 2 is 2.35 bits per heavy atom. The summed E-state index contributed by atoms with van der Waals surface area (Å²) in [5, 5.41) is 0.190. The fourth-order valence-corrected chi connectivity index (χ4v) is 2.44. The van der Waals surface area contributed by atoms with Crippen molar-refractivity contribution in [3.05, 3.63) is 34.6 Å². The van der Waals surface area contributed by atoms with Crippen molar-refractivity contribution in [2.24, 2.45) is 5.73 Å². The van der Waals surface area contributed by atoms with Gasteiger partial charge in [0.1, 0.15) is 5.82 Å². The molecule has 0 aliphatic carbocycles. The van der Waals surface area contributed by atoms with E-state index in [-0.39, 0.29) is 23.0 Å². The van der Waals surface area contributed by atoms with Crippen molar-refractivity contribution in [3.8, 4) is 0 Å². The summed E-state index contributed by atoms with van der Waals surface area (Å²) in [5.74, 6) is -0.381. The van der Waals surface area contributed by atoms with E-state index in [1.54, 1.807) is 6.07 Å². The van der Waals surface area contributed by atoms with Gasteiger partial charge >= 0.3 is 0 Å². The highest BCUT2D eigenvalue weighted by Crippen LogP contribution is 2.23. The van der Waals surface area contributed by atoms with Crippen LogP contribution in [0.4, 0.5) is 4.39 Å². The molecule has 94 valence electrons. The minimum atomic E-state index is -0.381. The SMILES string of the molecule is NC(Cc1cccc(F)c1Cl)CC1CCCO1. The third kappa shape index (κ3) is 3.41. The molecule has 2 rings (SSSR count). The van der Waals surface area contributed by atoms with Crippen LogP contribution in [0.2, 0.25) is 5.02 Å². The Balaban J connectivity index is 1.93. The molecule has 0 radical (unpaired) electrons. The van der Waals surface area contributed by atoms with Gasteiger partial charge in [-0.05, 0) is 37.3 Å². The molecule has 2 nitrogen and oxygen atoms in total. The van der Waals surface area contributed by atoms with Crippen LogP contribution >= 0.6 is 11.6 Å². The maximum atomic E-state index is 13.2. The molecular weight excluding hydrogens is 241 g/mol. The van der Waals surface area contributed by atoms with E-state index in [2.05, 4.69) is 0 Å². The first-order chi connectivity index (χ1) is 8.16. The standard InChI is InChI=1S/C13H17ClFNO/c14-13-9(3-1-5-12(13)15)7-10(16)8-11-4-2-6-17-11/h1,3,5,10-11H,2,4,6-8,16H2. The summed E-state index contributed by atoms with van der Waals surface area (Å²) in [6.07, 6.45) is 3.85. The Morgan fingerprint density at radius 1 is 1.53 bits per heavy atom. The zero-order valence-electron chi connectivity index (χ0n) is 9.66. The lowest BCUT2D eigenvalue weighted by Gasteiger charge is -2.16. The number of halogens is 2. The van der Waals surface area contributed by atoms with Gasteiger partial charge in [-0.2, -0.15) is 0 Å². The van der Waals surface area contributed by atoms with Crippen LogP contribution in [0.3, 0.4) is 0 Å². The molecule has 2 atom stereocenters. The van der Waals surface area contributed by atoms with Gasteiger partial charge < -0.3 is 10.5 Å².